The minimum Gasteiger partial charge on any atom is -0.495 e. The number of nitrogens with one attached hydrogen (secondary N) is 1. The van der Waals surface area contributed by atoms with E-state index in [1.165, 1.54) is 7.11 Å². The van der Waals surface area contributed by atoms with Crippen LogP contribution in [0.2, 0.25) is 10.0 Å². The molecule has 0 aliphatic rings. The zero-order valence-electron chi connectivity index (χ0n) is 13.1. The number of pyridine rings is 1. The molecule has 0 spiro atoms. The fourth-order valence-corrected chi connectivity index (χ4v) is 2.84. The van der Waals surface area contributed by atoms with Crippen LogP contribution in [-0.4, -0.2) is 22.4 Å². The molecular weight excluding hydrogens is 349 g/mol. The van der Waals surface area contributed by atoms with Gasteiger partial charge in [-0.05, 0) is 30.7 Å². The van der Waals surface area contributed by atoms with Crippen molar-refractivity contribution >= 4 is 40.4 Å². The molecule has 0 aliphatic carbocycles. The van der Waals surface area contributed by atoms with E-state index in [0.717, 1.165) is 0 Å². The number of benzene rings is 1. The number of aromatic nitrogens is 2. The third-order valence-electron chi connectivity index (χ3n) is 3.62. The Bertz CT molecular complexity index is 922. The number of aryl methyl sites for hydroxylation is 1. The van der Waals surface area contributed by atoms with Crippen molar-refractivity contribution in [2.24, 2.45) is 0 Å². The number of amides is 1. The first-order valence-corrected chi connectivity index (χ1v) is 8.10. The molecule has 1 aromatic carbocycles. The third-order valence-corrected chi connectivity index (χ3v) is 4.09. The second-order valence-electron chi connectivity index (χ2n) is 5.13. The van der Waals surface area contributed by atoms with Gasteiger partial charge in [0, 0.05) is 22.3 Å². The van der Waals surface area contributed by atoms with Crippen molar-refractivity contribution in [2.75, 3.05) is 12.4 Å². The predicted octanol–water partition coefficient (Wildman–Crippen LogP) is 4.46. The molecule has 0 bridgehead atoms. The number of anilines is 1. The van der Waals surface area contributed by atoms with E-state index in [1.54, 1.807) is 40.9 Å². The molecule has 1 N–H and O–H groups in total. The van der Waals surface area contributed by atoms with Crippen molar-refractivity contribution in [2.45, 2.75) is 13.3 Å². The SMILES string of the molecule is CCc1nc2cc(Cl)ccn2c1C(=O)Nc1cc(Cl)ccc1OC. The van der Waals surface area contributed by atoms with Gasteiger partial charge in [-0.25, -0.2) is 4.98 Å². The molecule has 1 amide bonds. The Balaban J connectivity index is 2.04. The highest BCUT2D eigenvalue weighted by Gasteiger charge is 2.19. The molecule has 0 radical (unpaired) electrons. The number of rotatable bonds is 4. The Morgan fingerprint density at radius 3 is 2.71 bits per heavy atom. The van der Waals surface area contributed by atoms with E-state index >= 15 is 0 Å². The monoisotopic (exact) mass is 363 g/mol. The number of carbonyl (C=O) groups is 1. The lowest BCUT2D eigenvalue weighted by Gasteiger charge is -2.11. The summed E-state index contributed by atoms with van der Waals surface area (Å²) in [5.41, 5.74) is 2.28. The summed E-state index contributed by atoms with van der Waals surface area (Å²) in [7, 11) is 1.53. The fraction of sp³-hybridized carbons (Fsp3) is 0.176. The molecule has 0 saturated heterocycles. The van der Waals surface area contributed by atoms with E-state index in [0.29, 0.717) is 44.9 Å². The maximum absolute atomic E-state index is 12.8. The molecule has 3 rings (SSSR count). The Hall–Kier alpha value is -2.24. The van der Waals surface area contributed by atoms with Gasteiger partial charge in [-0.15, -0.1) is 0 Å². The maximum atomic E-state index is 12.8. The summed E-state index contributed by atoms with van der Waals surface area (Å²) in [6.07, 6.45) is 2.35. The van der Waals surface area contributed by atoms with Crippen LogP contribution in [0.25, 0.3) is 5.65 Å². The zero-order chi connectivity index (χ0) is 17.3. The van der Waals surface area contributed by atoms with Crippen LogP contribution < -0.4 is 10.1 Å². The number of fused-ring (bicyclic) bond motifs is 1. The zero-order valence-corrected chi connectivity index (χ0v) is 14.6. The van der Waals surface area contributed by atoms with Crippen LogP contribution in [0.15, 0.2) is 36.5 Å². The lowest BCUT2D eigenvalue weighted by Crippen LogP contribution is -2.16. The van der Waals surface area contributed by atoms with Crippen LogP contribution in [0.3, 0.4) is 0 Å². The highest BCUT2D eigenvalue weighted by Crippen LogP contribution is 2.28. The molecule has 2 heterocycles. The minimum absolute atomic E-state index is 0.290. The van der Waals surface area contributed by atoms with Gasteiger partial charge < -0.3 is 10.1 Å². The van der Waals surface area contributed by atoms with E-state index in [9.17, 15) is 4.79 Å². The number of methoxy groups -OCH3 is 1. The average Bonchev–Trinajstić information content (AvgIpc) is 2.92. The summed E-state index contributed by atoms with van der Waals surface area (Å²) in [5.74, 6) is 0.241. The molecule has 5 nitrogen and oxygen atoms in total. The van der Waals surface area contributed by atoms with Crippen LogP contribution in [-0.2, 0) is 6.42 Å². The van der Waals surface area contributed by atoms with Crippen LogP contribution in [0.4, 0.5) is 5.69 Å². The van der Waals surface area contributed by atoms with Crippen molar-refractivity contribution in [3.05, 3.63) is 58.0 Å². The summed E-state index contributed by atoms with van der Waals surface area (Å²) in [6, 6.07) is 8.48. The van der Waals surface area contributed by atoms with E-state index in [2.05, 4.69) is 10.3 Å². The van der Waals surface area contributed by atoms with Crippen molar-refractivity contribution in [1.82, 2.24) is 9.38 Å². The van der Waals surface area contributed by atoms with Crippen LogP contribution in [0.5, 0.6) is 5.75 Å². The van der Waals surface area contributed by atoms with Gasteiger partial charge in [0.1, 0.15) is 17.1 Å². The van der Waals surface area contributed by atoms with Gasteiger partial charge in [0.15, 0.2) is 0 Å². The van der Waals surface area contributed by atoms with Crippen molar-refractivity contribution in [1.29, 1.82) is 0 Å². The largest absolute Gasteiger partial charge is 0.495 e. The molecule has 24 heavy (non-hydrogen) atoms. The highest BCUT2D eigenvalue weighted by molar-refractivity contribution is 6.31. The molecule has 0 fully saturated rings. The Kier molecular flexibility index (Phi) is 4.64. The number of nitrogens with zero attached hydrogens (tertiary/aromatic N) is 2. The molecule has 2 aromatic heterocycles. The summed E-state index contributed by atoms with van der Waals surface area (Å²) in [6.45, 7) is 1.94. The topological polar surface area (TPSA) is 55.6 Å². The first kappa shape index (κ1) is 16.6. The average molecular weight is 364 g/mol. The first-order valence-electron chi connectivity index (χ1n) is 7.35. The Morgan fingerprint density at radius 2 is 2.00 bits per heavy atom. The van der Waals surface area contributed by atoms with Crippen molar-refractivity contribution in [3.63, 3.8) is 0 Å². The van der Waals surface area contributed by atoms with Crippen LogP contribution in [0.1, 0.15) is 23.1 Å². The Labute approximate surface area is 149 Å². The van der Waals surface area contributed by atoms with Gasteiger partial charge in [-0.3, -0.25) is 9.20 Å². The number of ether oxygens (including phenoxy) is 1. The third kappa shape index (κ3) is 3.05. The molecule has 7 heteroatoms. The van der Waals surface area contributed by atoms with Gasteiger partial charge in [-0.2, -0.15) is 0 Å². The van der Waals surface area contributed by atoms with Gasteiger partial charge in [0.2, 0.25) is 0 Å². The predicted molar refractivity (Wildman–Crippen MR) is 95.5 cm³/mol. The normalized spacial score (nSPS) is 10.8. The summed E-state index contributed by atoms with van der Waals surface area (Å²) in [4.78, 5) is 17.3. The minimum atomic E-state index is -0.290. The number of halogens is 2. The quantitative estimate of drug-likeness (QED) is 0.744. The molecule has 124 valence electrons. The first-order chi connectivity index (χ1) is 11.5. The summed E-state index contributed by atoms with van der Waals surface area (Å²) < 4.78 is 6.98. The number of hydrogen-bond acceptors (Lipinski definition) is 3. The van der Waals surface area contributed by atoms with Crippen LogP contribution in [0, 0.1) is 0 Å². The molecule has 0 aliphatic heterocycles. The standard InChI is InChI=1S/C17H15Cl2N3O2/c1-3-12-16(22-7-6-11(19)9-15(22)20-12)17(23)21-13-8-10(18)4-5-14(13)24-2/h4-9H,3H2,1-2H3,(H,21,23). The summed E-state index contributed by atoms with van der Waals surface area (Å²) >= 11 is 12.0. The van der Waals surface area contributed by atoms with E-state index < -0.39 is 0 Å². The van der Waals surface area contributed by atoms with E-state index in [-0.39, 0.29) is 5.91 Å². The number of imidazole rings is 1. The van der Waals surface area contributed by atoms with E-state index in [4.69, 9.17) is 27.9 Å². The summed E-state index contributed by atoms with van der Waals surface area (Å²) in [5, 5.41) is 3.92. The van der Waals surface area contributed by atoms with Gasteiger partial charge in [0.25, 0.3) is 5.91 Å². The maximum Gasteiger partial charge on any atom is 0.274 e. The molecular formula is C17H15Cl2N3O2. The lowest BCUT2D eigenvalue weighted by atomic mass is 10.2. The van der Waals surface area contributed by atoms with Crippen LogP contribution >= 0.6 is 23.2 Å². The molecule has 0 atom stereocenters. The molecule has 3 aromatic rings. The van der Waals surface area contributed by atoms with Gasteiger partial charge in [-0.1, -0.05) is 30.1 Å². The molecule has 0 saturated carbocycles. The second-order valence-corrected chi connectivity index (χ2v) is 6.01. The van der Waals surface area contributed by atoms with Crippen molar-refractivity contribution in [3.8, 4) is 5.75 Å². The molecule has 0 unspecified atom stereocenters. The van der Waals surface area contributed by atoms with Gasteiger partial charge in [0.05, 0.1) is 18.5 Å². The lowest BCUT2D eigenvalue weighted by molar-refractivity contribution is 0.102. The number of carbonyl (C=O) groups excluding carboxylic acids is 1. The Morgan fingerprint density at radius 1 is 1.25 bits per heavy atom. The fourth-order valence-electron chi connectivity index (χ4n) is 2.51. The highest BCUT2D eigenvalue weighted by atomic mass is 35.5. The smallest absolute Gasteiger partial charge is 0.274 e. The number of hydrogen-bond donors (Lipinski definition) is 1. The van der Waals surface area contributed by atoms with Crippen molar-refractivity contribution < 1.29 is 9.53 Å². The second kappa shape index (κ2) is 6.71. The van der Waals surface area contributed by atoms with E-state index in [1.807, 2.05) is 6.92 Å². The van der Waals surface area contributed by atoms with Gasteiger partial charge >= 0.3 is 0 Å².